The zero-order valence-electron chi connectivity index (χ0n) is 15.5. The summed E-state index contributed by atoms with van der Waals surface area (Å²) in [7, 11) is 2.13. The van der Waals surface area contributed by atoms with Crippen molar-refractivity contribution in [1.29, 1.82) is 0 Å². The highest BCUT2D eigenvalue weighted by Gasteiger charge is 2.24. The molecule has 2 aromatic rings. The number of carbonyl (C=O) groups is 1. The van der Waals surface area contributed by atoms with Gasteiger partial charge in [0, 0.05) is 30.8 Å². The summed E-state index contributed by atoms with van der Waals surface area (Å²) in [6.07, 6.45) is 2.19. The van der Waals surface area contributed by atoms with Crippen molar-refractivity contribution in [2.24, 2.45) is 0 Å². The number of anilines is 1. The monoisotopic (exact) mass is 367 g/mol. The summed E-state index contributed by atoms with van der Waals surface area (Å²) in [5.74, 6) is 1.49. The fourth-order valence-corrected chi connectivity index (χ4v) is 3.46. The predicted octanol–water partition coefficient (Wildman–Crippen LogP) is 3.37. The van der Waals surface area contributed by atoms with Crippen molar-refractivity contribution in [3.63, 3.8) is 0 Å². The number of ether oxygens (including phenoxy) is 2. The highest BCUT2D eigenvalue weighted by atomic mass is 16.5. The number of benzene rings is 2. The molecule has 0 bridgehead atoms. The van der Waals surface area contributed by atoms with Crippen LogP contribution in [0.15, 0.2) is 42.5 Å². The second kappa shape index (κ2) is 7.88. The number of rotatable bonds is 5. The van der Waals surface area contributed by atoms with E-state index in [0.29, 0.717) is 18.9 Å². The van der Waals surface area contributed by atoms with E-state index in [-0.39, 0.29) is 12.1 Å². The number of piperidine rings is 1. The van der Waals surface area contributed by atoms with Gasteiger partial charge < -0.3 is 25.0 Å². The van der Waals surface area contributed by atoms with E-state index in [4.69, 9.17) is 9.47 Å². The maximum atomic E-state index is 11.7. The van der Waals surface area contributed by atoms with E-state index in [2.05, 4.69) is 22.6 Å². The maximum absolute atomic E-state index is 11.7. The lowest BCUT2D eigenvalue weighted by Crippen LogP contribution is -2.37. The molecule has 6 nitrogen and oxygen atoms in total. The molecule has 0 aromatic heterocycles. The average Bonchev–Trinajstić information content (AvgIpc) is 2.68. The lowest BCUT2D eigenvalue weighted by Gasteiger charge is -2.31. The molecule has 0 radical (unpaired) electrons. The van der Waals surface area contributed by atoms with E-state index in [9.17, 15) is 4.79 Å². The van der Waals surface area contributed by atoms with Gasteiger partial charge in [-0.25, -0.2) is 4.79 Å². The standard InChI is InChI=1S/C21H25N3O3/c1-24-9-7-16(8-10-24)27-20-12-17(26-14-15-5-3-2-4-6-15)11-19-18(20)13-22-21(25)23-19/h2-6,11-12,16H,7-10,13-14H2,1H3,(H2,22,23,25). The number of carbonyl (C=O) groups excluding carboxylic acids is 1. The molecule has 0 saturated carbocycles. The Bertz CT molecular complexity index is 802. The van der Waals surface area contributed by atoms with E-state index in [1.807, 2.05) is 42.5 Å². The first-order valence-corrected chi connectivity index (χ1v) is 9.41. The van der Waals surface area contributed by atoms with Gasteiger partial charge in [-0.3, -0.25) is 0 Å². The van der Waals surface area contributed by atoms with Crippen molar-refractivity contribution in [1.82, 2.24) is 10.2 Å². The second-order valence-corrected chi connectivity index (χ2v) is 7.15. The highest BCUT2D eigenvalue weighted by Crippen LogP contribution is 2.36. The van der Waals surface area contributed by atoms with Crippen LogP contribution < -0.4 is 20.1 Å². The third kappa shape index (κ3) is 4.34. The molecule has 0 spiro atoms. The number of likely N-dealkylation sites (tertiary alicyclic amines) is 1. The molecule has 0 unspecified atom stereocenters. The Morgan fingerprint density at radius 3 is 2.70 bits per heavy atom. The molecule has 0 aliphatic carbocycles. The Hall–Kier alpha value is -2.73. The number of nitrogens with zero attached hydrogens (tertiary/aromatic N) is 1. The van der Waals surface area contributed by atoms with E-state index in [0.717, 1.165) is 48.5 Å². The van der Waals surface area contributed by atoms with E-state index in [1.54, 1.807) is 0 Å². The first-order valence-electron chi connectivity index (χ1n) is 9.41. The highest BCUT2D eigenvalue weighted by molar-refractivity contribution is 5.93. The molecule has 2 aliphatic heterocycles. The van der Waals surface area contributed by atoms with Gasteiger partial charge in [0.05, 0.1) is 12.2 Å². The minimum Gasteiger partial charge on any atom is -0.490 e. The molecule has 2 amide bonds. The molecule has 2 aliphatic rings. The van der Waals surface area contributed by atoms with Crippen molar-refractivity contribution in [2.45, 2.75) is 32.1 Å². The van der Waals surface area contributed by atoms with Gasteiger partial charge >= 0.3 is 6.03 Å². The molecule has 1 fully saturated rings. The molecule has 2 aromatic carbocycles. The lowest BCUT2D eigenvalue weighted by atomic mass is 10.1. The van der Waals surface area contributed by atoms with Gasteiger partial charge in [-0.2, -0.15) is 0 Å². The van der Waals surface area contributed by atoms with Gasteiger partial charge in [-0.15, -0.1) is 0 Å². The van der Waals surface area contributed by atoms with Gasteiger partial charge in [0.15, 0.2) is 0 Å². The predicted molar refractivity (Wildman–Crippen MR) is 104 cm³/mol. The molecule has 2 N–H and O–H groups in total. The third-order valence-electron chi connectivity index (χ3n) is 5.06. The van der Waals surface area contributed by atoms with Gasteiger partial charge in [-0.1, -0.05) is 30.3 Å². The molecule has 2 heterocycles. The summed E-state index contributed by atoms with van der Waals surface area (Å²) < 4.78 is 12.3. The van der Waals surface area contributed by atoms with Crippen LogP contribution in [0.25, 0.3) is 0 Å². The molecular weight excluding hydrogens is 342 g/mol. The first kappa shape index (κ1) is 17.7. The normalized spacial score (nSPS) is 17.6. The van der Waals surface area contributed by atoms with E-state index in [1.165, 1.54) is 0 Å². The number of hydrogen-bond donors (Lipinski definition) is 2. The van der Waals surface area contributed by atoms with E-state index >= 15 is 0 Å². The zero-order valence-corrected chi connectivity index (χ0v) is 15.5. The van der Waals surface area contributed by atoms with Crippen LogP contribution in [0.3, 0.4) is 0 Å². The number of amides is 2. The summed E-state index contributed by atoms with van der Waals surface area (Å²) in [5.41, 5.74) is 2.83. The molecule has 1 saturated heterocycles. The fraction of sp³-hybridized carbons (Fsp3) is 0.381. The van der Waals surface area contributed by atoms with Crippen LogP contribution >= 0.6 is 0 Å². The number of urea groups is 1. The Balaban J connectivity index is 1.54. The van der Waals surface area contributed by atoms with Crippen LogP contribution in [0, 0.1) is 0 Å². The Morgan fingerprint density at radius 1 is 1.15 bits per heavy atom. The smallest absolute Gasteiger partial charge is 0.319 e. The average molecular weight is 367 g/mol. The summed E-state index contributed by atoms with van der Waals surface area (Å²) in [6, 6.07) is 13.6. The Labute approximate surface area is 159 Å². The zero-order chi connectivity index (χ0) is 18.6. The van der Waals surface area contributed by atoms with Gasteiger partial charge in [-0.05, 0) is 25.5 Å². The lowest BCUT2D eigenvalue weighted by molar-refractivity contribution is 0.113. The van der Waals surface area contributed by atoms with Crippen molar-refractivity contribution in [3.05, 3.63) is 53.6 Å². The van der Waals surface area contributed by atoms with E-state index < -0.39 is 0 Å². The van der Waals surface area contributed by atoms with Crippen LogP contribution in [-0.4, -0.2) is 37.2 Å². The summed E-state index contributed by atoms with van der Waals surface area (Å²) in [6.45, 7) is 3.00. The maximum Gasteiger partial charge on any atom is 0.319 e. The van der Waals surface area contributed by atoms with Crippen molar-refractivity contribution in [3.8, 4) is 11.5 Å². The molecule has 142 valence electrons. The first-order chi connectivity index (χ1) is 13.2. The van der Waals surface area contributed by atoms with Crippen molar-refractivity contribution in [2.75, 3.05) is 25.5 Å². The van der Waals surface area contributed by atoms with Crippen LogP contribution in [0.5, 0.6) is 11.5 Å². The van der Waals surface area contributed by atoms with Gasteiger partial charge in [0.2, 0.25) is 0 Å². The second-order valence-electron chi connectivity index (χ2n) is 7.15. The fourth-order valence-electron chi connectivity index (χ4n) is 3.46. The molecule has 4 rings (SSSR count). The van der Waals surface area contributed by atoms with Crippen LogP contribution in [0.4, 0.5) is 10.5 Å². The largest absolute Gasteiger partial charge is 0.490 e. The summed E-state index contributed by atoms with van der Waals surface area (Å²) in [5, 5.41) is 5.69. The minimum absolute atomic E-state index is 0.187. The third-order valence-corrected chi connectivity index (χ3v) is 5.06. The van der Waals surface area contributed by atoms with Crippen molar-refractivity contribution >= 4 is 11.7 Å². The topological polar surface area (TPSA) is 62.8 Å². The van der Waals surface area contributed by atoms with Crippen LogP contribution in [-0.2, 0) is 13.2 Å². The quantitative estimate of drug-likeness (QED) is 0.851. The number of nitrogens with one attached hydrogen (secondary N) is 2. The SMILES string of the molecule is CN1CCC(Oc2cc(OCc3ccccc3)cc3c2CNC(=O)N3)CC1. The summed E-state index contributed by atoms with van der Waals surface area (Å²) in [4.78, 5) is 14.1. The molecular formula is C21H25N3O3. The Kier molecular flexibility index (Phi) is 5.16. The summed E-state index contributed by atoms with van der Waals surface area (Å²) >= 11 is 0. The Morgan fingerprint density at radius 2 is 1.93 bits per heavy atom. The van der Waals surface area contributed by atoms with Crippen LogP contribution in [0.2, 0.25) is 0 Å². The molecule has 27 heavy (non-hydrogen) atoms. The van der Waals surface area contributed by atoms with Gasteiger partial charge in [0.1, 0.15) is 24.2 Å². The molecule has 6 heteroatoms. The molecule has 0 atom stereocenters. The number of fused-ring (bicyclic) bond motifs is 1. The number of hydrogen-bond acceptors (Lipinski definition) is 4. The minimum atomic E-state index is -0.201. The van der Waals surface area contributed by atoms with Crippen molar-refractivity contribution < 1.29 is 14.3 Å². The van der Waals surface area contributed by atoms with Gasteiger partial charge in [0.25, 0.3) is 0 Å². The van der Waals surface area contributed by atoms with Crippen LogP contribution in [0.1, 0.15) is 24.0 Å².